The second kappa shape index (κ2) is 14.3. The standard InChI is InChI=1S/C27H24N2O7S.C8H8O2/c1-32-18-8-5-15(6-9-18)11-19-24(16-7-10-20-21(12-16)29-37-28-20)26(30)36-27(19,31)17-13-22(33-2)25(35-4)23(14-17)34-3;1-10-8-4-2-7(6-9)3-5-8/h5-10,12-14,31H,11H2,1-4H3;2-6H,1H3. The average molecular weight is 657 g/mol. The first-order valence-electron chi connectivity index (χ1n) is 14.2. The summed E-state index contributed by atoms with van der Waals surface area (Å²) >= 11 is 1.09. The van der Waals surface area contributed by atoms with Crippen molar-refractivity contribution in [3.8, 4) is 28.7 Å². The van der Waals surface area contributed by atoms with Gasteiger partial charge in [0.1, 0.15) is 28.8 Å². The van der Waals surface area contributed by atoms with Crippen LogP contribution in [0.3, 0.4) is 0 Å². The van der Waals surface area contributed by atoms with Gasteiger partial charge in [-0.1, -0.05) is 18.2 Å². The summed E-state index contributed by atoms with van der Waals surface area (Å²) in [5.41, 5.74) is 4.31. The Hall–Kier alpha value is -5.46. The van der Waals surface area contributed by atoms with E-state index in [1.165, 1.54) is 21.3 Å². The molecule has 47 heavy (non-hydrogen) atoms. The summed E-state index contributed by atoms with van der Waals surface area (Å²) in [7, 11) is 7.62. The number of aromatic nitrogens is 2. The number of hydrogen-bond acceptors (Lipinski definition) is 12. The minimum atomic E-state index is -2.10. The molecule has 5 aromatic rings. The summed E-state index contributed by atoms with van der Waals surface area (Å²) in [5.74, 6) is -0.328. The lowest BCUT2D eigenvalue weighted by atomic mass is 9.87. The highest BCUT2D eigenvalue weighted by Gasteiger charge is 2.49. The van der Waals surface area contributed by atoms with Crippen molar-refractivity contribution >= 4 is 40.6 Å². The molecule has 0 fully saturated rings. The topological polar surface area (TPSA) is 136 Å². The molecule has 2 heterocycles. The van der Waals surface area contributed by atoms with E-state index >= 15 is 0 Å². The third-order valence-corrected chi connectivity index (χ3v) is 8.10. The fraction of sp³-hybridized carbons (Fsp3) is 0.200. The minimum absolute atomic E-state index is 0.214. The van der Waals surface area contributed by atoms with Gasteiger partial charge in [-0.15, -0.1) is 0 Å². The lowest BCUT2D eigenvalue weighted by Gasteiger charge is -2.27. The molecule has 0 bridgehead atoms. The first kappa shape index (κ1) is 32.9. The molecule has 1 unspecified atom stereocenters. The van der Waals surface area contributed by atoms with Crippen LogP contribution in [0.15, 0.2) is 84.4 Å². The average Bonchev–Trinajstić information content (AvgIpc) is 3.69. The number of carbonyl (C=O) groups is 2. The smallest absolute Gasteiger partial charge is 0.342 e. The van der Waals surface area contributed by atoms with E-state index in [-0.39, 0.29) is 17.6 Å². The number of aldehydes is 1. The Morgan fingerprint density at radius 1 is 0.766 bits per heavy atom. The number of rotatable bonds is 10. The Morgan fingerprint density at radius 3 is 1.91 bits per heavy atom. The third-order valence-electron chi connectivity index (χ3n) is 7.55. The Kier molecular flexibility index (Phi) is 10.0. The summed E-state index contributed by atoms with van der Waals surface area (Å²) in [5, 5.41) is 12.1. The zero-order valence-corrected chi connectivity index (χ0v) is 27.1. The molecule has 0 aliphatic carbocycles. The van der Waals surface area contributed by atoms with E-state index in [1.807, 2.05) is 24.3 Å². The molecule has 0 amide bonds. The highest BCUT2D eigenvalue weighted by molar-refractivity contribution is 7.00. The summed E-state index contributed by atoms with van der Waals surface area (Å²) in [6.45, 7) is 0. The predicted octanol–water partition coefficient (Wildman–Crippen LogP) is 5.63. The maximum Gasteiger partial charge on any atom is 0.342 e. The van der Waals surface area contributed by atoms with Crippen molar-refractivity contribution in [2.24, 2.45) is 0 Å². The van der Waals surface area contributed by atoms with Crippen molar-refractivity contribution in [2.75, 3.05) is 35.5 Å². The molecule has 0 spiro atoms. The summed E-state index contributed by atoms with van der Waals surface area (Å²) < 4.78 is 40.8. The maximum absolute atomic E-state index is 13.4. The molecule has 12 heteroatoms. The number of carbonyl (C=O) groups excluding carboxylic acids is 2. The van der Waals surface area contributed by atoms with Crippen LogP contribution in [0.4, 0.5) is 0 Å². The summed E-state index contributed by atoms with van der Waals surface area (Å²) in [6, 6.07) is 22.8. The second-order valence-corrected chi connectivity index (χ2v) is 10.7. The van der Waals surface area contributed by atoms with E-state index in [0.717, 1.165) is 34.8 Å². The molecule has 1 N–H and O–H groups in total. The van der Waals surface area contributed by atoms with Gasteiger partial charge in [0.2, 0.25) is 5.75 Å². The Labute approximate surface area is 275 Å². The van der Waals surface area contributed by atoms with Gasteiger partial charge in [-0.25, -0.2) is 4.79 Å². The van der Waals surface area contributed by atoms with Gasteiger partial charge in [0, 0.05) is 23.1 Å². The maximum atomic E-state index is 13.4. The number of methoxy groups -OCH3 is 5. The monoisotopic (exact) mass is 656 g/mol. The SMILES string of the molecule is COc1ccc(C=O)cc1.COc1ccc(CC2=C(c3ccc4nsnc4c3)C(=O)OC2(O)c2cc(OC)c(OC)c(OC)c2)cc1. The first-order valence-corrected chi connectivity index (χ1v) is 15.0. The summed E-state index contributed by atoms with van der Waals surface area (Å²) in [4.78, 5) is 23.6. The van der Waals surface area contributed by atoms with Crippen LogP contribution in [0.1, 0.15) is 27.0 Å². The van der Waals surface area contributed by atoms with Gasteiger partial charge in [-0.2, -0.15) is 8.75 Å². The van der Waals surface area contributed by atoms with Gasteiger partial charge in [-0.05, 0) is 71.8 Å². The van der Waals surface area contributed by atoms with E-state index in [2.05, 4.69) is 8.75 Å². The van der Waals surface area contributed by atoms with Crippen LogP contribution in [0, 0.1) is 0 Å². The molecule has 0 radical (unpaired) electrons. The van der Waals surface area contributed by atoms with Gasteiger partial charge in [-0.3, -0.25) is 4.79 Å². The highest BCUT2D eigenvalue weighted by Crippen LogP contribution is 2.49. The third kappa shape index (κ3) is 6.74. The van der Waals surface area contributed by atoms with Crippen molar-refractivity contribution in [2.45, 2.75) is 12.2 Å². The number of esters is 1. The minimum Gasteiger partial charge on any atom is -0.497 e. The van der Waals surface area contributed by atoms with Crippen molar-refractivity contribution in [3.63, 3.8) is 0 Å². The fourth-order valence-electron chi connectivity index (χ4n) is 5.12. The lowest BCUT2D eigenvalue weighted by Crippen LogP contribution is -2.30. The number of nitrogens with zero attached hydrogens (tertiary/aromatic N) is 2. The lowest BCUT2D eigenvalue weighted by molar-refractivity contribution is -0.185. The number of ether oxygens (including phenoxy) is 6. The van der Waals surface area contributed by atoms with Crippen LogP contribution in [0.5, 0.6) is 28.7 Å². The normalized spacial score (nSPS) is 15.4. The van der Waals surface area contributed by atoms with E-state index in [9.17, 15) is 14.7 Å². The van der Waals surface area contributed by atoms with Gasteiger partial charge in [0.05, 0.1) is 52.9 Å². The number of aliphatic hydroxyl groups is 1. The van der Waals surface area contributed by atoms with Crippen LogP contribution >= 0.6 is 11.7 Å². The Bertz CT molecular complexity index is 1900. The molecule has 1 atom stereocenters. The fourth-order valence-corrected chi connectivity index (χ4v) is 5.63. The van der Waals surface area contributed by atoms with Gasteiger partial charge < -0.3 is 33.5 Å². The molecule has 0 saturated heterocycles. The van der Waals surface area contributed by atoms with E-state index in [4.69, 9.17) is 28.4 Å². The second-order valence-electron chi connectivity index (χ2n) is 10.2. The molecule has 242 valence electrons. The van der Waals surface area contributed by atoms with Crippen LogP contribution in [0.2, 0.25) is 0 Å². The molecular weight excluding hydrogens is 624 g/mol. The van der Waals surface area contributed by atoms with Crippen LogP contribution in [0.25, 0.3) is 16.6 Å². The van der Waals surface area contributed by atoms with E-state index in [1.54, 1.807) is 68.8 Å². The number of fused-ring (bicyclic) bond motifs is 1. The van der Waals surface area contributed by atoms with Gasteiger partial charge in [0.25, 0.3) is 5.79 Å². The Balaban J connectivity index is 0.000000371. The zero-order valence-electron chi connectivity index (χ0n) is 26.3. The number of cyclic esters (lactones) is 1. The largest absolute Gasteiger partial charge is 0.497 e. The molecule has 1 aliphatic heterocycles. The quantitative estimate of drug-likeness (QED) is 0.148. The molecule has 1 aromatic heterocycles. The van der Waals surface area contributed by atoms with Crippen molar-refractivity contribution in [3.05, 3.63) is 107 Å². The molecule has 11 nitrogen and oxygen atoms in total. The number of benzene rings is 4. The molecule has 4 aromatic carbocycles. The first-order chi connectivity index (χ1) is 22.8. The molecule has 0 saturated carbocycles. The van der Waals surface area contributed by atoms with E-state index in [0.29, 0.717) is 45.2 Å². The molecule has 1 aliphatic rings. The van der Waals surface area contributed by atoms with Gasteiger partial charge in [0.15, 0.2) is 11.5 Å². The van der Waals surface area contributed by atoms with Crippen molar-refractivity contribution < 1.29 is 43.1 Å². The van der Waals surface area contributed by atoms with Crippen LogP contribution < -0.4 is 23.7 Å². The number of hydrogen-bond donors (Lipinski definition) is 1. The van der Waals surface area contributed by atoms with Crippen LogP contribution in [-0.2, 0) is 21.7 Å². The predicted molar refractivity (Wildman–Crippen MR) is 176 cm³/mol. The molecule has 6 rings (SSSR count). The van der Waals surface area contributed by atoms with Crippen molar-refractivity contribution in [1.29, 1.82) is 0 Å². The highest BCUT2D eigenvalue weighted by atomic mass is 32.1. The zero-order chi connectivity index (χ0) is 33.6. The Morgan fingerprint density at radius 2 is 1.36 bits per heavy atom. The molecular formula is C35H32N2O9S. The van der Waals surface area contributed by atoms with Gasteiger partial charge >= 0.3 is 5.97 Å². The summed E-state index contributed by atoms with van der Waals surface area (Å²) in [6.07, 6.45) is 1.02. The van der Waals surface area contributed by atoms with Crippen LogP contribution in [-0.4, -0.2) is 61.7 Å². The van der Waals surface area contributed by atoms with Crippen molar-refractivity contribution in [1.82, 2.24) is 8.75 Å². The van der Waals surface area contributed by atoms with E-state index < -0.39 is 11.8 Å².